The number of carbonyl (C=O) groups excluding carboxylic acids is 1. The lowest BCUT2D eigenvalue weighted by atomic mass is 9.79. The highest BCUT2D eigenvalue weighted by molar-refractivity contribution is 6.07. The number of benzene rings is 2. The van der Waals surface area contributed by atoms with Crippen LogP contribution in [-0.4, -0.2) is 16.0 Å². The lowest BCUT2D eigenvalue weighted by Crippen LogP contribution is -2.57. The molecule has 130 valence electrons. The highest BCUT2D eigenvalue weighted by Gasteiger charge is 2.61. The average molecular weight is 350 g/mol. The Bertz CT molecular complexity index is 1040. The molecular formula is C20H14O6. The Morgan fingerprint density at radius 3 is 2.81 bits per heavy atom. The molecule has 6 heteroatoms. The number of aliphatic hydroxyl groups excluding tert-OH is 1. The molecule has 2 spiro atoms. The van der Waals surface area contributed by atoms with Gasteiger partial charge in [-0.15, -0.1) is 0 Å². The minimum Gasteiger partial charge on any atom is -0.508 e. The van der Waals surface area contributed by atoms with E-state index < -0.39 is 17.7 Å². The number of ether oxygens (including phenoxy) is 3. The van der Waals surface area contributed by atoms with Crippen LogP contribution in [0.3, 0.4) is 0 Å². The molecule has 0 saturated heterocycles. The van der Waals surface area contributed by atoms with Crippen LogP contribution in [0.15, 0.2) is 42.5 Å². The lowest BCUT2D eigenvalue weighted by Gasteiger charge is -2.54. The Morgan fingerprint density at radius 1 is 1.08 bits per heavy atom. The average Bonchev–Trinajstić information content (AvgIpc) is 2.63. The Morgan fingerprint density at radius 2 is 1.92 bits per heavy atom. The quantitative estimate of drug-likeness (QED) is 0.760. The minimum absolute atomic E-state index is 0.0176. The van der Waals surface area contributed by atoms with Gasteiger partial charge >= 0.3 is 0 Å². The second-order valence-corrected chi connectivity index (χ2v) is 7.03. The van der Waals surface area contributed by atoms with E-state index in [0.29, 0.717) is 46.6 Å². The fourth-order valence-electron chi connectivity index (χ4n) is 4.54. The van der Waals surface area contributed by atoms with E-state index in [1.807, 2.05) is 0 Å². The Kier molecular flexibility index (Phi) is 2.36. The van der Waals surface area contributed by atoms with Crippen molar-refractivity contribution < 1.29 is 29.2 Å². The molecule has 0 unspecified atom stereocenters. The van der Waals surface area contributed by atoms with E-state index in [0.717, 1.165) is 0 Å². The molecule has 3 atom stereocenters. The standard InChI is InChI=1S/C20H14O6/c21-11-6-8-19-17-10(11)2-1-3-14(17)24-20(26-19)9-7-13(23)16-12(22)4-5-15(25-19)18(16)20/h1-6,8,13,22-23H,7,9H2/t13-,19+,20+/m0/s1. The summed E-state index contributed by atoms with van der Waals surface area (Å²) < 4.78 is 18.9. The van der Waals surface area contributed by atoms with E-state index in [4.69, 9.17) is 14.2 Å². The molecule has 2 aromatic carbocycles. The summed E-state index contributed by atoms with van der Waals surface area (Å²) in [5.41, 5.74) is 1.94. The molecule has 6 rings (SSSR count). The molecule has 0 radical (unpaired) electrons. The number of aliphatic hydroxyl groups is 1. The third-order valence-corrected chi connectivity index (χ3v) is 5.59. The van der Waals surface area contributed by atoms with Crippen LogP contribution in [0.25, 0.3) is 0 Å². The third-order valence-electron chi connectivity index (χ3n) is 5.59. The summed E-state index contributed by atoms with van der Waals surface area (Å²) in [6, 6.07) is 8.42. The van der Waals surface area contributed by atoms with Gasteiger partial charge in [-0.25, -0.2) is 0 Å². The van der Waals surface area contributed by atoms with Crippen molar-refractivity contribution in [1.29, 1.82) is 0 Å². The van der Waals surface area contributed by atoms with Crippen molar-refractivity contribution in [2.45, 2.75) is 30.5 Å². The van der Waals surface area contributed by atoms with Crippen LogP contribution in [0.2, 0.25) is 0 Å². The number of hydrogen-bond acceptors (Lipinski definition) is 6. The summed E-state index contributed by atoms with van der Waals surface area (Å²) in [6.45, 7) is 0. The highest BCUT2D eigenvalue weighted by Crippen LogP contribution is 2.61. The Balaban J connectivity index is 1.70. The van der Waals surface area contributed by atoms with Crippen molar-refractivity contribution in [2.24, 2.45) is 0 Å². The Labute approximate surface area is 148 Å². The fraction of sp³-hybridized carbons (Fsp3) is 0.250. The molecule has 0 saturated carbocycles. The smallest absolute Gasteiger partial charge is 0.265 e. The van der Waals surface area contributed by atoms with Gasteiger partial charge in [-0.05, 0) is 36.8 Å². The zero-order valence-corrected chi connectivity index (χ0v) is 13.6. The monoisotopic (exact) mass is 350 g/mol. The van der Waals surface area contributed by atoms with Crippen LogP contribution >= 0.6 is 0 Å². The molecule has 2 N–H and O–H groups in total. The van der Waals surface area contributed by atoms with E-state index >= 15 is 0 Å². The van der Waals surface area contributed by atoms with Crippen LogP contribution in [0.1, 0.15) is 46.0 Å². The number of rotatable bonds is 0. The van der Waals surface area contributed by atoms with Crippen LogP contribution in [0.4, 0.5) is 0 Å². The zero-order valence-electron chi connectivity index (χ0n) is 13.6. The van der Waals surface area contributed by atoms with Crippen molar-refractivity contribution in [2.75, 3.05) is 0 Å². The first-order chi connectivity index (χ1) is 12.5. The largest absolute Gasteiger partial charge is 0.508 e. The number of aromatic hydroxyl groups is 1. The summed E-state index contributed by atoms with van der Waals surface area (Å²) in [4.78, 5) is 12.3. The molecule has 26 heavy (non-hydrogen) atoms. The molecule has 6 nitrogen and oxygen atoms in total. The van der Waals surface area contributed by atoms with Gasteiger partial charge in [0.15, 0.2) is 5.78 Å². The molecule has 0 fully saturated rings. The van der Waals surface area contributed by atoms with Crippen LogP contribution < -0.4 is 9.47 Å². The number of phenolic OH excluding ortho intramolecular Hbond substituents is 1. The maximum atomic E-state index is 12.3. The van der Waals surface area contributed by atoms with Gasteiger partial charge in [0.2, 0.25) is 5.79 Å². The molecular weight excluding hydrogens is 336 g/mol. The van der Waals surface area contributed by atoms with Crippen LogP contribution in [0.5, 0.6) is 17.2 Å². The molecule has 2 aromatic rings. The van der Waals surface area contributed by atoms with Crippen LogP contribution in [0, 0.1) is 0 Å². The van der Waals surface area contributed by atoms with Crippen LogP contribution in [-0.2, 0) is 16.3 Å². The van der Waals surface area contributed by atoms with E-state index in [-0.39, 0.29) is 11.5 Å². The molecule has 0 aromatic heterocycles. The number of ketones is 1. The SMILES string of the molecule is O=C1C=C[C@]23Oc4ccc(O)c5c4[C@](CC[C@@H]5O)(Oc4cccc1c42)O3. The summed E-state index contributed by atoms with van der Waals surface area (Å²) >= 11 is 0. The molecule has 4 aliphatic rings. The summed E-state index contributed by atoms with van der Waals surface area (Å²) in [5.74, 6) is -1.60. The molecule has 2 bridgehead atoms. The normalized spacial score (nSPS) is 32.2. The van der Waals surface area contributed by atoms with Crippen molar-refractivity contribution in [3.8, 4) is 17.2 Å². The van der Waals surface area contributed by atoms with Gasteiger partial charge in [0.1, 0.15) is 17.2 Å². The lowest BCUT2D eigenvalue weighted by molar-refractivity contribution is -0.345. The second kappa shape index (κ2) is 4.28. The molecule has 2 heterocycles. The number of phenols is 1. The third kappa shape index (κ3) is 1.48. The van der Waals surface area contributed by atoms with Crippen molar-refractivity contribution in [3.05, 3.63) is 64.7 Å². The van der Waals surface area contributed by atoms with Crippen molar-refractivity contribution in [1.82, 2.24) is 0 Å². The molecule has 2 aliphatic carbocycles. The van der Waals surface area contributed by atoms with Gasteiger partial charge in [-0.2, -0.15) is 0 Å². The molecule has 0 amide bonds. The predicted molar refractivity (Wildman–Crippen MR) is 87.9 cm³/mol. The molecule has 2 aliphatic heterocycles. The summed E-state index contributed by atoms with van der Waals surface area (Å²) in [5, 5.41) is 20.7. The topological polar surface area (TPSA) is 85.2 Å². The first-order valence-electron chi connectivity index (χ1n) is 8.53. The summed E-state index contributed by atoms with van der Waals surface area (Å²) in [6.07, 6.45) is 3.02. The van der Waals surface area contributed by atoms with Gasteiger partial charge in [-0.3, -0.25) is 9.53 Å². The first kappa shape index (κ1) is 14.4. The van der Waals surface area contributed by atoms with E-state index in [1.165, 1.54) is 12.1 Å². The zero-order chi connectivity index (χ0) is 17.7. The van der Waals surface area contributed by atoms with E-state index in [2.05, 4.69) is 0 Å². The number of allylic oxidation sites excluding steroid dienone is 1. The van der Waals surface area contributed by atoms with Crippen molar-refractivity contribution >= 4 is 5.78 Å². The number of hydrogen-bond donors (Lipinski definition) is 2. The fourth-order valence-corrected chi connectivity index (χ4v) is 4.54. The van der Waals surface area contributed by atoms with E-state index in [1.54, 1.807) is 30.3 Å². The minimum atomic E-state index is -1.26. The number of carbonyl (C=O) groups is 1. The highest BCUT2D eigenvalue weighted by atomic mass is 16.8. The van der Waals surface area contributed by atoms with Gasteiger partial charge in [0.25, 0.3) is 5.79 Å². The Hall–Kier alpha value is -2.83. The van der Waals surface area contributed by atoms with Gasteiger partial charge in [-0.1, -0.05) is 12.1 Å². The van der Waals surface area contributed by atoms with E-state index in [9.17, 15) is 15.0 Å². The van der Waals surface area contributed by atoms with Gasteiger partial charge < -0.3 is 19.7 Å². The first-order valence-corrected chi connectivity index (χ1v) is 8.53. The second-order valence-electron chi connectivity index (χ2n) is 7.03. The maximum Gasteiger partial charge on any atom is 0.265 e. The maximum absolute atomic E-state index is 12.3. The predicted octanol–water partition coefficient (Wildman–Crippen LogP) is 2.78. The van der Waals surface area contributed by atoms with Gasteiger partial charge in [0.05, 0.1) is 17.2 Å². The van der Waals surface area contributed by atoms with Gasteiger partial charge in [0, 0.05) is 17.5 Å². The van der Waals surface area contributed by atoms with Crippen molar-refractivity contribution in [3.63, 3.8) is 0 Å². The summed E-state index contributed by atoms with van der Waals surface area (Å²) in [7, 11) is 0.